The first-order chi connectivity index (χ1) is 21.8. The van der Waals surface area contributed by atoms with Crippen LogP contribution in [0.15, 0.2) is 0 Å². The third kappa shape index (κ3) is 11.8. The van der Waals surface area contributed by atoms with Crippen LogP contribution in [0.3, 0.4) is 0 Å². The molecule has 0 aromatic rings. The summed E-state index contributed by atoms with van der Waals surface area (Å²) in [5.41, 5.74) is 0. The zero-order valence-electron chi connectivity index (χ0n) is 31.6. The van der Waals surface area contributed by atoms with E-state index in [1.165, 1.54) is 70.6 Å². The molecule has 0 nitrogen and oxygen atoms in total. The van der Waals surface area contributed by atoms with Crippen molar-refractivity contribution in [1.82, 2.24) is 0 Å². The molecule has 3 unspecified atom stereocenters. The lowest BCUT2D eigenvalue weighted by molar-refractivity contribution is 0.138. The largest absolute Gasteiger partial charge is 0.0625 e. The van der Waals surface area contributed by atoms with Gasteiger partial charge in [-0.25, -0.2) is 0 Å². The molecular formula is C45H82. The van der Waals surface area contributed by atoms with Gasteiger partial charge in [-0.3, -0.25) is 0 Å². The first-order valence-electron chi connectivity index (χ1n) is 21.8. The molecule has 0 amide bonds. The van der Waals surface area contributed by atoms with Crippen LogP contribution in [0, 0.1) is 76.9 Å². The Balaban J connectivity index is 0.000000178. The maximum absolute atomic E-state index is 2.49. The van der Waals surface area contributed by atoms with E-state index in [4.69, 9.17) is 0 Å². The Kier molecular flexibility index (Phi) is 15.1. The van der Waals surface area contributed by atoms with Gasteiger partial charge < -0.3 is 0 Å². The average Bonchev–Trinajstić information content (AvgIpc) is 3.07. The lowest BCUT2D eigenvalue weighted by Crippen LogP contribution is -2.26. The predicted molar refractivity (Wildman–Crippen MR) is 198 cm³/mol. The van der Waals surface area contributed by atoms with Crippen molar-refractivity contribution in [2.75, 3.05) is 0 Å². The number of hydrogen-bond acceptors (Lipinski definition) is 0. The van der Waals surface area contributed by atoms with Gasteiger partial charge in [0.1, 0.15) is 0 Å². The zero-order valence-corrected chi connectivity index (χ0v) is 31.6. The number of rotatable bonds is 8. The summed E-state index contributed by atoms with van der Waals surface area (Å²) in [4.78, 5) is 0. The second kappa shape index (κ2) is 18.7. The molecule has 0 spiro atoms. The van der Waals surface area contributed by atoms with E-state index in [1.54, 1.807) is 103 Å². The average molecular weight is 623 g/mol. The highest BCUT2D eigenvalue weighted by Gasteiger charge is 2.32. The minimum Gasteiger partial charge on any atom is -0.0625 e. The summed E-state index contributed by atoms with van der Waals surface area (Å²) in [5, 5.41) is 0. The maximum Gasteiger partial charge on any atom is -0.0386 e. The van der Waals surface area contributed by atoms with Crippen molar-refractivity contribution in [3.05, 3.63) is 0 Å². The molecule has 6 saturated carbocycles. The van der Waals surface area contributed by atoms with Gasteiger partial charge in [0.05, 0.1) is 0 Å². The summed E-state index contributed by atoms with van der Waals surface area (Å²) in [6, 6.07) is 0. The van der Waals surface area contributed by atoms with Crippen molar-refractivity contribution in [2.24, 2.45) is 76.9 Å². The third-order valence-corrected chi connectivity index (χ3v) is 16.0. The van der Waals surface area contributed by atoms with Gasteiger partial charge in [0.25, 0.3) is 0 Å². The Morgan fingerprint density at radius 1 is 0.267 bits per heavy atom. The van der Waals surface area contributed by atoms with E-state index < -0.39 is 0 Å². The van der Waals surface area contributed by atoms with Gasteiger partial charge in [-0.1, -0.05) is 150 Å². The molecule has 0 bridgehead atoms. The van der Waals surface area contributed by atoms with Crippen LogP contribution in [0.5, 0.6) is 0 Å². The fraction of sp³-hybridized carbons (Fsp3) is 1.00. The third-order valence-electron chi connectivity index (χ3n) is 16.0. The first kappa shape index (κ1) is 36.3. The predicted octanol–water partition coefficient (Wildman–Crippen LogP) is 14.7. The molecule has 6 aliphatic rings. The first-order valence-corrected chi connectivity index (χ1v) is 21.8. The molecular weight excluding hydrogens is 540 g/mol. The highest BCUT2D eigenvalue weighted by atomic mass is 14.4. The molecule has 6 rings (SSSR count). The Labute approximate surface area is 284 Å². The standard InChI is InChI=1S/C23H42.C22H40/c1-17-4-12-22(13-5-17)23-14-10-20(11-15-23)8-9-21-7-6-18(2)19(3)16-21;1-17-3-7-19(8-4-17)9-10-20-11-15-22(16-12-20)21-13-5-18(2)6-14-21/h17-23H,4-16H2,1-3H3;17-22H,3-16H2,1-2H3. The second-order valence-electron chi connectivity index (χ2n) is 19.5. The van der Waals surface area contributed by atoms with Crippen molar-refractivity contribution >= 4 is 0 Å². The topological polar surface area (TPSA) is 0 Å². The molecule has 262 valence electrons. The van der Waals surface area contributed by atoms with Crippen molar-refractivity contribution < 1.29 is 0 Å². The van der Waals surface area contributed by atoms with Crippen molar-refractivity contribution in [1.29, 1.82) is 0 Å². The van der Waals surface area contributed by atoms with E-state index in [1.807, 2.05) is 0 Å². The molecule has 6 fully saturated rings. The highest BCUT2D eigenvalue weighted by Crippen LogP contribution is 2.45. The van der Waals surface area contributed by atoms with Crippen LogP contribution in [0.25, 0.3) is 0 Å². The molecule has 0 aromatic carbocycles. The van der Waals surface area contributed by atoms with Crippen molar-refractivity contribution in [3.63, 3.8) is 0 Å². The van der Waals surface area contributed by atoms with E-state index in [0.29, 0.717) is 0 Å². The van der Waals surface area contributed by atoms with E-state index >= 15 is 0 Å². The summed E-state index contributed by atoms with van der Waals surface area (Å²) < 4.78 is 0. The molecule has 3 atom stereocenters. The van der Waals surface area contributed by atoms with Crippen LogP contribution in [0.1, 0.15) is 208 Å². The van der Waals surface area contributed by atoms with Crippen molar-refractivity contribution in [2.45, 2.75) is 208 Å². The minimum absolute atomic E-state index is 0.984. The highest BCUT2D eigenvalue weighted by molar-refractivity contribution is 4.84. The minimum atomic E-state index is 0.984. The molecule has 0 aromatic heterocycles. The van der Waals surface area contributed by atoms with Crippen LogP contribution in [0.4, 0.5) is 0 Å². The van der Waals surface area contributed by atoms with Crippen LogP contribution < -0.4 is 0 Å². The Hall–Kier alpha value is 0. The quantitative estimate of drug-likeness (QED) is 0.253. The van der Waals surface area contributed by atoms with Crippen molar-refractivity contribution in [3.8, 4) is 0 Å². The van der Waals surface area contributed by atoms with E-state index in [0.717, 1.165) is 76.9 Å². The van der Waals surface area contributed by atoms with Gasteiger partial charge in [0.2, 0.25) is 0 Å². The van der Waals surface area contributed by atoms with Gasteiger partial charge in [-0.15, -0.1) is 0 Å². The Bertz CT molecular complexity index is 758. The zero-order chi connectivity index (χ0) is 31.6. The smallest absolute Gasteiger partial charge is 0.0386 e. The molecule has 45 heavy (non-hydrogen) atoms. The summed E-state index contributed by atoms with van der Waals surface area (Å²) in [6.45, 7) is 12.3. The molecule has 6 aliphatic carbocycles. The Morgan fingerprint density at radius 3 is 0.889 bits per heavy atom. The Morgan fingerprint density at radius 2 is 0.533 bits per heavy atom. The monoisotopic (exact) mass is 623 g/mol. The van der Waals surface area contributed by atoms with Gasteiger partial charge in [0.15, 0.2) is 0 Å². The van der Waals surface area contributed by atoms with Gasteiger partial charge in [-0.2, -0.15) is 0 Å². The summed E-state index contributed by atoms with van der Waals surface area (Å²) in [7, 11) is 0. The normalized spacial score (nSPS) is 44.9. The SMILES string of the molecule is CC1CCC(C2CCC(CCC3CCC(C)C(C)C3)CC2)CC1.CC1CCC(CCC2CCC(C3CCC(C)CC3)CC2)CC1. The fourth-order valence-electron chi connectivity index (χ4n) is 11.9. The molecule has 0 radical (unpaired) electrons. The van der Waals surface area contributed by atoms with Crippen LogP contribution in [-0.2, 0) is 0 Å². The summed E-state index contributed by atoms with van der Waals surface area (Å²) >= 11 is 0. The molecule has 0 N–H and O–H groups in total. The van der Waals surface area contributed by atoms with E-state index in [2.05, 4.69) is 34.6 Å². The fourth-order valence-corrected chi connectivity index (χ4v) is 11.9. The maximum atomic E-state index is 2.49. The molecule has 0 saturated heterocycles. The van der Waals surface area contributed by atoms with E-state index in [9.17, 15) is 0 Å². The second-order valence-corrected chi connectivity index (χ2v) is 19.5. The van der Waals surface area contributed by atoms with E-state index in [-0.39, 0.29) is 0 Å². The van der Waals surface area contributed by atoms with Gasteiger partial charge in [0, 0.05) is 0 Å². The number of hydrogen-bond donors (Lipinski definition) is 0. The van der Waals surface area contributed by atoms with Crippen LogP contribution in [-0.4, -0.2) is 0 Å². The summed E-state index contributed by atoms with van der Waals surface area (Å²) in [6.07, 6.45) is 41.7. The van der Waals surface area contributed by atoms with Gasteiger partial charge >= 0.3 is 0 Å². The van der Waals surface area contributed by atoms with Crippen LogP contribution >= 0.6 is 0 Å². The van der Waals surface area contributed by atoms with Gasteiger partial charge in [-0.05, 0) is 135 Å². The van der Waals surface area contributed by atoms with Crippen LogP contribution in [0.2, 0.25) is 0 Å². The lowest BCUT2D eigenvalue weighted by Gasteiger charge is -2.38. The molecule has 0 aliphatic heterocycles. The summed E-state index contributed by atoms with van der Waals surface area (Å²) in [5.74, 6) is 13.8. The molecule has 0 heterocycles. The molecule has 0 heteroatoms. The lowest BCUT2D eigenvalue weighted by atomic mass is 9.68.